The molecular weight excluding hydrogens is 238 g/mol. The van der Waals surface area contributed by atoms with Gasteiger partial charge in [0.05, 0.1) is 6.10 Å². The molecule has 0 unspecified atom stereocenters. The second kappa shape index (κ2) is 6.16. The minimum absolute atomic E-state index is 0.159. The SMILES string of the molecule is Cc1ccccc1C(=O)NC[C@@H](O)c1ccccc1. The van der Waals surface area contributed by atoms with Gasteiger partial charge in [0.15, 0.2) is 0 Å². The smallest absolute Gasteiger partial charge is 0.251 e. The molecule has 3 nitrogen and oxygen atoms in total. The molecule has 0 fully saturated rings. The van der Waals surface area contributed by atoms with Gasteiger partial charge in [0.2, 0.25) is 0 Å². The fraction of sp³-hybridized carbons (Fsp3) is 0.188. The lowest BCUT2D eigenvalue weighted by Gasteiger charge is -2.13. The number of carbonyl (C=O) groups is 1. The van der Waals surface area contributed by atoms with Crippen molar-refractivity contribution in [3.05, 3.63) is 71.3 Å². The lowest BCUT2D eigenvalue weighted by molar-refractivity contribution is 0.0915. The Bertz CT molecular complexity index is 552. The van der Waals surface area contributed by atoms with Crippen LogP contribution in [0.1, 0.15) is 27.6 Å². The van der Waals surface area contributed by atoms with Gasteiger partial charge >= 0.3 is 0 Å². The van der Waals surface area contributed by atoms with E-state index in [2.05, 4.69) is 5.32 Å². The Morgan fingerprint density at radius 1 is 1.11 bits per heavy atom. The van der Waals surface area contributed by atoms with Gasteiger partial charge in [-0.2, -0.15) is 0 Å². The Kier molecular flexibility index (Phi) is 4.31. The van der Waals surface area contributed by atoms with E-state index in [1.54, 1.807) is 6.07 Å². The Balaban J connectivity index is 1.96. The fourth-order valence-electron chi connectivity index (χ4n) is 1.91. The largest absolute Gasteiger partial charge is 0.387 e. The lowest BCUT2D eigenvalue weighted by atomic mass is 10.1. The molecule has 0 saturated carbocycles. The summed E-state index contributed by atoms with van der Waals surface area (Å²) in [6, 6.07) is 16.7. The minimum atomic E-state index is -0.686. The fourth-order valence-corrected chi connectivity index (χ4v) is 1.91. The third-order valence-electron chi connectivity index (χ3n) is 3.03. The number of aryl methyl sites for hydroxylation is 1. The van der Waals surface area contributed by atoms with Crippen molar-refractivity contribution in [2.75, 3.05) is 6.54 Å². The second-order valence-corrected chi connectivity index (χ2v) is 4.45. The summed E-state index contributed by atoms with van der Waals surface area (Å²) in [5, 5.41) is 12.7. The highest BCUT2D eigenvalue weighted by atomic mass is 16.3. The van der Waals surface area contributed by atoms with Crippen molar-refractivity contribution in [3.8, 4) is 0 Å². The summed E-state index contributed by atoms with van der Waals surface area (Å²) in [7, 11) is 0. The highest BCUT2D eigenvalue weighted by molar-refractivity contribution is 5.95. The van der Waals surface area contributed by atoms with E-state index in [-0.39, 0.29) is 12.5 Å². The van der Waals surface area contributed by atoms with Crippen LogP contribution in [0.5, 0.6) is 0 Å². The van der Waals surface area contributed by atoms with Crippen LogP contribution in [0.15, 0.2) is 54.6 Å². The Hall–Kier alpha value is -2.13. The number of benzene rings is 2. The highest BCUT2D eigenvalue weighted by Crippen LogP contribution is 2.11. The van der Waals surface area contributed by atoms with Crippen LogP contribution in [-0.4, -0.2) is 17.6 Å². The average molecular weight is 255 g/mol. The van der Waals surface area contributed by atoms with Gasteiger partial charge in [0, 0.05) is 12.1 Å². The van der Waals surface area contributed by atoms with Crippen LogP contribution in [0.3, 0.4) is 0 Å². The van der Waals surface area contributed by atoms with Gasteiger partial charge in [-0.05, 0) is 24.1 Å². The molecule has 0 spiro atoms. The summed E-state index contributed by atoms with van der Waals surface area (Å²) in [6.07, 6.45) is -0.686. The van der Waals surface area contributed by atoms with E-state index in [9.17, 15) is 9.90 Å². The third-order valence-corrected chi connectivity index (χ3v) is 3.03. The monoisotopic (exact) mass is 255 g/mol. The van der Waals surface area contributed by atoms with Crippen molar-refractivity contribution in [2.24, 2.45) is 0 Å². The zero-order valence-corrected chi connectivity index (χ0v) is 10.8. The molecule has 1 amide bonds. The standard InChI is InChI=1S/C16H17NO2/c1-12-7-5-6-10-14(12)16(19)17-11-15(18)13-8-3-2-4-9-13/h2-10,15,18H,11H2,1H3,(H,17,19)/t15-/m1/s1. The third kappa shape index (κ3) is 3.42. The minimum Gasteiger partial charge on any atom is -0.387 e. The number of carbonyl (C=O) groups excluding carboxylic acids is 1. The van der Waals surface area contributed by atoms with Gasteiger partial charge in [0.1, 0.15) is 0 Å². The number of aliphatic hydroxyl groups is 1. The van der Waals surface area contributed by atoms with Crippen molar-refractivity contribution in [1.82, 2.24) is 5.32 Å². The molecule has 0 aromatic heterocycles. The van der Waals surface area contributed by atoms with Gasteiger partial charge in [0.25, 0.3) is 5.91 Å². The molecule has 0 saturated heterocycles. The number of rotatable bonds is 4. The predicted octanol–water partition coefficient (Wildman–Crippen LogP) is 2.46. The zero-order chi connectivity index (χ0) is 13.7. The summed E-state index contributed by atoms with van der Waals surface area (Å²) in [4.78, 5) is 12.0. The van der Waals surface area contributed by atoms with E-state index in [0.717, 1.165) is 11.1 Å². The summed E-state index contributed by atoms with van der Waals surface area (Å²) < 4.78 is 0. The molecule has 3 heteroatoms. The van der Waals surface area contributed by atoms with E-state index in [4.69, 9.17) is 0 Å². The maximum absolute atomic E-state index is 12.0. The van der Waals surface area contributed by atoms with E-state index in [0.29, 0.717) is 5.56 Å². The molecule has 2 aromatic rings. The Labute approximate surface area is 112 Å². The molecule has 19 heavy (non-hydrogen) atoms. The molecule has 0 aliphatic heterocycles. The normalized spacial score (nSPS) is 11.9. The molecule has 0 aliphatic carbocycles. The average Bonchev–Trinajstić information content (AvgIpc) is 2.46. The maximum Gasteiger partial charge on any atom is 0.251 e. The number of nitrogens with one attached hydrogen (secondary N) is 1. The lowest BCUT2D eigenvalue weighted by Crippen LogP contribution is -2.28. The van der Waals surface area contributed by atoms with E-state index < -0.39 is 6.10 Å². The molecule has 0 aliphatic rings. The molecule has 2 aromatic carbocycles. The highest BCUT2D eigenvalue weighted by Gasteiger charge is 2.11. The van der Waals surface area contributed by atoms with Crippen molar-refractivity contribution in [1.29, 1.82) is 0 Å². The number of amides is 1. The summed E-state index contributed by atoms with van der Waals surface area (Å²) in [5.41, 5.74) is 2.37. The first-order chi connectivity index (χ1) is 9.18. The molecule has 1 atom stereocenters. The van der Waals surface area contributed by atoms with Gasteiger partial charge in [-0.25, -0.2) is 0 Å². The van der Waals surface area contributed by atoms with E-state index >= 15 is 0 Å². The van der Waals surface area contributed by atoms with Crippen LogP contribution in [0, 0.1) is 6.92 Å². The summed E-state index contributed by atoms with van der Waals surface area (Å²) in [5.74, 6) is -0.159. The zero-order valence-electron chi connectivity index (χ0n) is 10.8. The molecule has 0 radical (unpaired) electrons. The van der Waals surface area contributed by atoms with Crippen molar-refractivity contribution in [3.63, 3.8) is 0 Å². The first-order valence-corrected chi connectivity index (χ1v) is 6.25. The topological polar surface area (TPSA) is 49.3 Å². The van der Waals surface area contributed by atoms with Crippen LogP contribution in [0.25, 0.3) is 0 Å². The maximum atomic E-state index is 12.0. The van der Waals surface area contributed by atoms with Crippen molar-refractivity contribution in [2.45, 2.75) is 13.0 Å². The van der Waals surface area contributed by atoms with E-state index in [1.807, 2.05) is 55.5 Å². The molecule has 2 N–H and O–H groups in total. The Morgan fingerprint density at radius 2 is 1.74 bits per heavy atom. The first-order valence-electron chi connectivity index (χ1n) is 6.25. The molecular formula is C16H17NO2. The van der Waals surface area contributed by atoms with Crippen LogP contribution in [0.2, 0.25) is 0 Å². The van der Waals surface area contributed by atoms with Crippen LogP contribution < -0.4 is 5.32 Å². The van der Waals surface area contributed by atoms with Crippen LogP contribution in [0.4, 0.5) is 0 Å². The summed E-state index contributed by atoms with van der Waals surface area (Å²) >= 11 is 0. The number of hydrogen-bond acceptors (Lipinski definition) is 2. The molecule has 2 rings (SSSR count). The van der Waals surface area contributed by atoms with Crippen molar-refractivity contribution >= 4 is 5.91 Å². The molecule has 0 bridgehead atoms. The molecule has 0 heterocycles. The van der Waals surface area contributed by atoms with Crippen molar-refractivity contribution < 1.29 is 9.90 Å². The summed E-state index contributed by atoms with van der Waals surface area (Å²) in [6.45, 7) is 2.10. The van der Waals surface area contributed by atoms with Crippen LogP contribution >= 0.6 is 0 Å². The Morgan fingerprint density at radius 3 is 2.42 bits per heavy atom. The predicted molar refractivity (Wildman–Crippen MR) is 74.9 cm³/mol. The van der Waals surface area contributed by atoms with Gasteiger partial charge < -0.3 is 10.4 Å². The van der Waals surface area contributed by atoms with E-state index in [1.165, 1.54) is 0 Å². The number of aliphatic hydroxyl groups excluding tert-OH is 1. The first kappa shape index (κ1) is 13.3. The number of hydrogen-bond donors (Lipinski definition) is 2. The van der Waals surface area contributed by atoms with Gasteiger partial charge in [-0.3, -0.25) is 4.79 Å². The van der Waals surface area contributed by atoms with Gasteiger partial charge in [-0.15, -0.1) is 0 Å². The molecule has 98 valence electrons. The quantitative estimate of drug-likeness (QED) is 0.881. The second-order valence-electron chi connectivity index (χ2n) is 4.45. The van der Waals surface area contributed by atoms with Crippen LogP contribution in [-0.2, 0) is 0 Å². The van der Waals surface area contributed by atoms with Gasteiger partial charge in [-0.1, -0.05) is 48.5 Å².